The van der Waals surface area contributed by atoms with Gasteiger partial charge in [0.1, 0.15) is 5.82 Å². The zero-order valence-electron chi connectivity index (χ0n) is 12.2. The van der Waals surface area contributed by atoms with Gasteiger partial charge in [0.15, 0.2) is 0 Å². The predicted octanol–water partition coefficient (Wildman–Crippen LogP) is 2.21. The van der Waals surface area contributed by atoms with Gasteiger partial charge >= 0.3 is 0 Å². The highest BCUT2D eigenvalue weighted by Crippen LogP contribution is 2.17. The van der Waals surface area contributed by atoms with Crippen molar-refractivity contribution in [1.82, 2.24) is 10.2 Å². The molecule has 0 radical (unpaired) electrons. The Hall–Kier alpha value is -1.42. The van der Waals surface area contributed by atoms with Gasteiger partial charge in [0.2, 0.25) is 5.91 Å². The molecule has 110 valence electrons. The maximum atomic E-state index is 13.6. The summed E-state index contributed by atoms with van der Waals surface area (Å²) in [5.41, 5.74) is 0.621. The molecule has 1 heterocycles. The van der Waals surface area contributed by atoms with Gasteiger partial charge in [-0.15, -0.1) is 0 Å². The summed E-state index contributed by atoms with van der Waals surface area (Å²) in [6.45, 7) is 3.47. The van der Waals surface area contributed by atoms with Crippen LogP contribution < -0.4 is 5.32 Å². The SMILES string of the molecule is CNC1CCCN(C(=O)C(C)Cc2ccccc2F)C1. The number of likely N-dealkylation sites (tertiary alicyclic amines) is 1. The summed E-state index contributed by atoms with van der Waals surface area (Å²) in [7, 11) is 1.93. The molecule has 1 saturated heterocycles. The van der Waals surface area contributed by atoms with Crippen molar-refractivity contribution in [2.45, 2.75) is 32.2 Å². The van der Waals surface area contributed by atoms with E-state index in [-0.39, 0.29) is 17.6 Å². The van der Waals surface area contributed by atoms with Gasteiger partial charge in [-0.3, -0.25) is 4.79 Å². The normalized spacial score (nSPS) is 20.8. The quantitative estimate of drug-likeness (QED) is 0.916. The van der Waals surface area contributed by atoms with E-state index in [0.717, 1.165) is 25.9 Å². The van der Waals surface area contributed by atoms with Crippen LogP contribution in [-0.2, 0) is 11.2 Å². The molecule has 1 fully saturated rings. The third kappa shape index (κ3) is 3.57. The van der Waals surface area contributed by atoms with Gasteiger partial charge in [-0.05, 0) is 37.9 Å². The molecular formula is C16H23FN2O. The second-order valence-electron chi connectivity index (χ2n) is 5.61. The Balaban J connectivity index is 1.96. The number of carbonyl (C=O) groups excluding carboxylic acids is 1. The van der Waals surface area contributed by atoms with Gasteiger partial charge in [-0.2, -0.15) is 0 Å². The minimum Gasteiger partial charge on any atom is -0.341 e. The lowest BCUT2D eigenvalue weighted by molar-refractivity contribution is -0.136. The average molecular weight is 278 g/mol. The first-order chi connectivity index (χ1) is 9.61. The van der Waals surface area contributed by atoms with Crippen molar-refractivity contribution < 1.29 is 9.18 Å². The molecule has 0 bridgehead atoms. The number of benzene rings is 1. The molecule has 0 spiro atoms. The molecule has 20 heavy (non-hydrogen) atoms. The lowest BCUT2D eigenvalue weighted by Crippen LogP contribution is -2.48. The molecule has 0 saturated carbocycles. The fraction of sp³-hybridized carbons (Fsp3) is 0.562. The maximum Gasteiger partial charge on any atom is 0.225 e. The van der Waals surface area contributed by atoms with Crippen LogP contribution >= 0.6 is 0 Å². The highest BCUT2D eigenvalue weighted by molar-refractivity contribution is 5.79. The van der Waals surface area contributed by atoms with Crippen LogP contribution in [0.2, 0.25) is 0 Å². The summed E-state index contributed by atoms with van der Waals surface area (Å²) in [5, 5.41) is 3.23. The minimum atomic E-state index is -0.223. The van der Waals surface area contributed by atoms with E-state index in [1.807, 2.05) is 24.9 Å². The van der Waals surface area contributed by atoms with E-state index in [0.29, 0.717) is 18.0 Å². The Morgan fingerprint density at radius 1 is 1.50 bits per heavy atom. The monoisotopic (exact) mass is 278 g/mol. The first-order valence-corrected chi connectivity index (χ1v) is 7.31. The van der Waals surface area contributed by atoms with Crippen molar-refractivity contribution in [3.05, 3.63) is 35.6 Å². The Bertz CT molecular complexity index is 464. The largest absolute Gasteiger partial charge is 0.341 e. The Labute approximate surface area is 120 Å². The third-order valence-corrected chi connectivity index (χ3v) is 4.05. The number of nitrogens with one attached hydrogen (secondary N) is 1. The van der Waals surface area contributed by atoms with Gasteiger partial charge in [0.05, 0.1) is 0 Å². The summed E-state index contributed by atoms with van der Waals surface area (Å²) in [5.74, 6) is -0.269. The molecule has 3 nitrogen and oxygen atoms in total. The fourth-order valence-corrected chi connectivity index (χ4v) is 2.81. The molecule has 1 aromatic rings. The smallest absolute Gasteiger partial charge is 0.225 e. The molecule has 1 amide bonds. The van der Waals surface area contributed by atoms with Crippen molar-refractivity contribution in [2.75, 3.05) is 20.1 Å². The van der Waals surface area contributed by atoms with Gasteiger partial charge in [-0.25, -0.2) is 4.39 Å². The number of hydrogen-bond donors (Lipinski definition) is 1. The van der Waals surface area contributed by atoms with Crippen LogP contribution in [0, 0.1) is 11.7 Å². The summed E-state index contributed by atoms with van der Waals surface area (Å²) < 4.78 is 13.6. The Morgan fingerprint density at radius 2 is 2.25 bits per heavy atom. The first kappa shape index (κ1) is 15.0. The van der Waals surface area contributed by atoms with Crippen LogP contribution in [0.1, 0.15) is 25.3 Å². The molecule has 1 aliphatic heterocycles. The van der Waals surface area contributed by atoms with Crippen molar-refractivity contribution in [1.29, 1.82) is 0 Å². The van der Waals surface area contributed by atoms with E-state index >= 15 is 0 Å². The van der Waals surface area contributed by atoms with Crippen molar-refractivity contribution in [3.8, 4) is 0 Å². The number of carbonyl (C=O) groups is 1. The number of amides is 1. The Kier molecular flexibility index (Phi) is 5.12. The summed E-state index contributed by atoms with van der Waals surface area (Å²) in [6, 6.07) is 7.07. The lowest BCUT2D eigenvalue weighted by atomic mass is 9.97. The van der Waals surface area contributed by atoms with Gasteiger partial charge in [0.25, 0.3) is 0 Å². The van der Waals surface area contributed by atoms with E-state index in [1.54, 1.807) is 12.1 Å². The zero-order chi connectivity index (χ0) is 14.5. The van der Waals surface area contributed by atoms with Crippen LogP contribution in [0.5, 0.6) is 0 Å². The highest BCUT2D eigenvalue weighted by Gasteiger charge is 2.26. The maximum absolute atomic E-state index is 13.6. The molecule has 0 aliphatic carbocycles. The van der Waals surface area contributed by atoms with Crippen LogP contribution in [0.15, 0.2) is 24.3 Å². The molecule has 2 atom stereocenters. The predicted molar refractivity (Wildman–Crippen MR) is 77.9 cm³/mol. The van der Waals surface area contributed by atoms with Crippen LogP contribution in [-0.4, -0.2) is 37.0 Å². The van der Waals surface area contributed by atoms with Crippen LogP contribution in [0.4, 0.5) is 4.39 Å². The topological polar surface area (TPSA) is 32.3 Å². The molecule has 1 N–H and O–H groups in total. The number of hydrogen-bond acceptors (Lipinski definition) is 2. The van der Waals surface area contributed by atoms with Crippen molar-refractivity contribution >= 4 is 5.91 Å². The van der Waals surface area contributed by atoms with E-state index < -0.39 is 0 Å². The summed E-state index contributed by atoms with van der Waals surface area (Å²) >= 11 is 0. The average Bonchev–Trinajstić information content (AvgIpc) is 2.48. The number of likely N-dealkylation sites (N-methyl/N-ethyl adjacent to an activating group) is 1. The molecule has 4 heteroatoms. The van der Waals surface area contributed by atoms with Gasteiger partial charge in [0, 0.05) is 25.0 Å². The van der Waals surface area contributed by atoms with Crippen molar-refractivity contribution in [3.63, 3.8) is 0 Å². The van der Waals surface area contributed by atoms with E-state index in [4.69, 9.17) is 0 Å². The van der Waals surface area contributed by atoms with Gasteiger partial charge in [-0.1, -0.05) is 25.1 Å². The fourth-order valence-electron chi connectivity index (χ4n) is 2.81. The third-order valence-electron chi connectivity index (χ3n) is 4.05. The van der Waals surface area contributed by atoms with Crippen LogP contribution in [0.3, 0.4) is 0 Å². The second kappa shape index (κ2) is 6.84. The second-order valence-corrected chi connectivity index (χ2v) is 5.61. The number of halogens is 1. The molecule has 2 rings (SSSR count). The number of rotatable bonds is 4. The van der Waals surface area contributed by atoms with E-state index in [9.17, 15) is 9.18 Å². The standard InChI is InChI=1S/C16H23FN2O/c1-12(10-13-6-3-4-8-15(13)17)16(20)19-9-5-7-14(11-19)18-2/h3-4,6,8,12,14,18H,5,7,9-11H2,1-2H3. The van der Waals surface area contributed by atoms with Crippen molar-refractivity contribution in [2.24, 2.45) is 5.92 Å². The van der Waals surface area contributed by atoms with E-state index in [2.05, 4.69) is 5.32 Å². The number of nitrogens with zero attached hydrogens (tertiary/aromatic N) is 1. The van der Waals surface area contributed by atoms with Gasteiger partial charge < -0.3 is 10.2 Å². The van der Waals surface area contributed by atoms with Crippen LogP contribution in [0.25, 0.3) is 0 Å². The first-order valence-electron chi connectivity index (χ1n) is 7.31. The highest BCUT2D eigenvalue weighted by atomic mass is 19.1. The molecule has 0 aromatic heterocycles. The lowest BCUT2D eigenvalue weighted by Gasteiger charge is -2.34. The zero-order valence-corrected chi connectivity index (χ0v) is 12.2. The molecule has 2 unspecified atom stereocenters. The molecule has 1 aromatic carbocycles. The van der Waals surface area contributed by atoms with E-state index in [1.165, 1.54) is 6.07 Å². The molecular weight excluding hydrogens is 255 g/mol. The summed E-state index contributed by atoms with van der Waals surface area (Å²) in [6.07, 6.45) is 2.61. The summed E-state index contributed by atoms with van der Waals surface area (Å²) in [4.78, 5) is 14.4. The number of piperidine rings is 1. The molecule has 1 aliphatic rings. The minimum absolute atomic E-state index is 0.133. The Morgan fingerprint density at radius 3 is 2.95 bits per heavy atom.